The first kappa shape index (κ1) is 13.0. The normalized spacial score (nSPS) is 9.62. The molecule has 2 rings (SSSR count). The summed E-state index contributed by atoms with van der Waals surface area (Å²) in [5.74, 6) is 0. The highest BCUT2D eigenvalue weighted by atomic mass is 31.1. The second-order valence-corrected chi connectivity index (χ2v) is 5.26. The fourth-order valence-electron chi connectivity index (χ4n) is 1.44. The smallest absolute Gasteiger partial charge is 0 e. The summed E-state index contributed by atoms with van der Waals surface area (Å²) in [7, 11) is 0.769. The minimum absolute atomic E-state index is 0. The lowest BCUT2D eigenvalue weighted by molar-refractivity contribution is 1.49. The topological polar surface area (TPSA) is 0 Å². The average Bonchev–Trinajstić information content (AvgIpc) is 2.25. The zero-order valence-electron chi connectivity index (χ0n) is 9.70. The molecule has 79 valence electrons. The van der Waals surface area contributed by atoms with E-state index in [4.69, 9.17) is 0 Å². The van der Waals surface area contributed by atoms with Crippen molar-refractivity contribution in [3.05, 3.63) is 59.7 Å². The molecule has 0 heterocycles. The number of hydrogen-bond acceptors (Lipinski definition) is 0. The monoisotopic (exact) mass is 225 g/mol. The van der Waals surface area contributed by atoms with Crippen molar-refractivity contribution in [3.63, 3.8) is 0 Å². The maximum atomic E-state index is 2.22. The Morgan fingerprint density at radius 3 is 1.25 bits per heavy atom. The van der Waals surface area contributed by atoms with Gasteiger partial charge in [-0.15, -0.1) is 0 Å². The van der Waals surface area contributed by atoms with Crippen LogP contribution in [0.5, 0.6) is 0 Å². The van der Waals surface area contributed by atoms with Gasteiger partial charge in [0.15, 0.2) is 0 Å². The van der Waals surface area contributed by atoms with E-state index >= 15 is 0 Å². The molecular weight excluding hydrogens is 210 g/mol. The minimum atomic E-state index is 0. The van der Waals surface area contributed by atoms with Crippen molar-refractivity contribution >= 4 is 27.6 Å². The Morgan fingerprint density at radius 1 is 0.625 bits per heavy atom. The van der Waals surface area contributed by atoms with E-state index in [9.17, 15) is 0 Å². The third-order valence-corrected chi connectivity index (χ3v) is 3.64. The van der Waals surface area contributed by atoms with Gasteiger partial charge in [-0.2, -0.15) is 0 Å². The molecule has 0 aliphatic carbocycles. The molecule has 0 aliphatic heterocycles. The molecule has 0 spiro atoms. The van der Waals surface area contributed by atoms with Gasteiger partial charge in [-0.3, -0.25) is 0 Å². The van der Waals surface area contributed by atoms with Crippen molar-refractivity contribution < 1.29 is 0 Å². The molecule has 0 aliphatic rings. The minimum Gasteiger partial charge on any atom is -0.0591 e. The Bertz CT molecular complexity index is 388. The summed E-state index contributed by atoms with van der Waals surface area (Å²) in [6.45, 7) is 4.25. The van der Waals surface area contributed by atoms with Gasteiger partial charge in [-0.25, -0.2) is 0 Å². The lowest BCUT2D eigenvalue weighted by Gasteiger charge is -2.03. The third kappa shape index (κ3) is 3.50. The van der Waals surface area contributed by atoms with Crippen LogP contribution in [0, 0.1) is 13.8 Å². The van der Waals surface area contributed by atoms with Crippen LogP contribution in [0.4, 0.5) is 0 Å². The summed E-state index contributed by atoms with van der Waals surface area (Å²) in [6.07, 6.45) is 0. The number of rotatable bonds is 2. The van der Waals surface area contributed by atoms with E-state index in [-0.39, 0.29) is 8.41 Å². The highest BCUT2D eigenvalue weighted by molar-refractivity contribution is 7.55. The van der Waals surface area contributed by atoms with Crippen LogP contribution in [0.3, 0.4) is 0 Å². The molecule has 0 saturated carbocycles. The van der Waals surface area contributed by atoms with E-state index in [1.165, 1.54) is 21.7 Å². The second-order valence-electron chi connectivity index (χ2n) is 3.86. The highest BCUT2D eigenvalue weighted by Gasteiger charge is 1.95. The predicted octanol–water partition coefficient (Wildman–Crippen LogP) is 2.55. The van der Waals surface area contributed by atoms with Gasteiger partial charge >= 0.3 is 0 Å². The Morgan fingerprint density at radius 2 is 0.938 bits per heavy atom. The van der Waals surface area contributed by atoms with Gasteiger partial charge in [-0.1, -0.05) is 68.2 Å². The van der Waals surface area contributed by atoms with Gasteiger partial charge in [-0.05, 0) is 24.5 Å². The summed E-state index contributed by atoms with van der Waals surface area (Å²) in [5, 5.41) is 2.81. The Kier molecular flexibility index (Phi) is 4.77. The van der Waals surface area contributed by atoms with E-state index in [1.54, 1.807) is 0 Å². The van der Waals surface area contributed by atoms with Crippen LogP contribution in [-0.2, 0) is 0 Å². The average molecular weight is 225 g/mol. The van der Waals surface area contributed by atoms with Crippen LogP contribution in [-0.4, -0.2) is 8.41 Å². The molecule has 0 fully saturated rings. The Labute approximate surface area is 101 Å². The predicted molar refractivity (Wildman–Crippen MR) is 75.7 cm³/mol. The summed E-state index contributed by atoms with van der Waals surface area (Å²) in [5.41, 5.74) is 2.65. The first-order valence-electron chi connectivity index (χ1n) is 5.14. The lowest BCUT2D eigenvalue weighted by Crippen LogP contribution is -2.02. The zero-order valence-corrected chi connectivity index (χ0v) is 10.7. The van der Waals surface area contributed by atoms with E-state index < -0.39 is 0 Å². The van der Waals surface area contributed by atoms with Crippen LogP contribution < -0.4 is 10.6 Å². The van der Waals surface area contributed by atoms with Gasteiger partial charge in [0.2, 0.25) is 0 Å². The Hall–Kier alpha value is -1.07. The fraction of sp³-hybridized carbons (Fsp3) is 0.143. The van der Waals surface area contributed by atoms with Crippen molar-refractivity contribution in [2.75, 3.05) is 0 Å². The van der Waals surface area contributed by atoms with E-state index in [2.05, 4.69) is 62.4 Å². The van der Waals surface area contributed by atoms with E-state index in [0.29, 0.717) is 0 Å². The van der Waals surface area contributed by atoms with Crippen molar-refractivity contribution in [1.82, 2.24) is 0 Å². The van der Waals surface area contributed by atoms with Crippen LogP contribution in [0.15, 0.2) is 48.5 Å². The largest absolute Gasteiger partial charge is 0.0591 e. The number of benzene rings is 2. The first-order chi connectivity index (χ1) is 7.24. The molecule has 3 radical (unpaired) electrons. The van der Waals surface area contributed by atoms with Crippen molar-refractivity contribution in [1.29, 1.82) is 0 Å². The summed E-state index contributed by atoms with van der Waals surface area (Å²) in [6, 6.07) is 17.6. The van der Waals surface area contributed by atoms with E-state index in [0.717, 1.165) is 8.58 Å². The van der Waals surface area contributed by atoms with Crippen LogP contribution in [0.1, 0.15) is 11.1 Å². The van der Waals surface area contributed by atoms with Crippen molar-refractivity contribution in [2.24, 2.45) is 0 Å². The molecule has 2 aromatic carbocycles. The van der Waals surface area contributed by atoms with Crippen molar-refractivity contribution in [3.8, 4) is 0 Å². The molecule has 2 heteroatoms. The molecule has 2 aromatic rings. The van der Waals surface area contributed by atoms with Crippen LogP contribution in [0.2, 0.25) is 0 Å². The van der Waals surface area contributed by atoms with E-state index in [1.807, 2.05) is 0 Å². The van der Waals surface area contributed by atoms with Gasteiger partial charge in [0.1, 0.15) is 0 Å². The lowest BCUT2D eigenvalue weighted by atomic mass is 10.2. The van der Waals surface area contributed by atoms with Crippen LogP contribution >= 0.6 is 8.58 Å². The van der Waals surface area contributed by atoms with Crippen LogP contribution in [0.25, 0.3) is 0 Å². The summed E-state index contributed by atoms with van der Waals surface area (Å²) in [4.78, 5) is 0. The molecule has 0 N–H and O–H groups in total. The molecule has 0 aromatic heterocycles. The first-order valence-corrected chi connectivity index (χ1v) is 6.14. The van der Waals surface area contributed by atoms with Gasteiger partial charge in [0, 0.05) is 8.41 Å². The molecule has 0 unspecified atom stereocenters. The zero-order chi connectivity index (χ0) is 10.7. The molecular formula is C14H15BP. The highest BCUT2D eigenvalue weighted by Crippen LogP contribution is 2.11. The number of aryl methyl sites for hydroxylation is 2. The molecule has 0 amide bonds. The van der Waals surface area contributed by atoms with Gasteiger partial charge < -0.3 is 0 Å². The number of hydrogen-bond donors (Lipinski definition) is 0. The van der Waals surface area contributed by atoms with Gasteiger partial charge in [0.05, 0.1) is 0 Å². The molecule has 0 nitrogen and oxygen atoms in total. The molecule has 16 heavy (non-hydrogen) atoms. The quantitative estimate of drug-likeness (QED) is 0.544. The molecule has 0 saturated heterocycles. The molecule has 0 atom stereocenters. The SMILES string of the molecule is Cc1ccc(Pc2ccc(C)cc2)cc1.[B]. The van der Waals surface area contributed by atoms with Gasteiger partial charge in [0.25, 0.3) is 0 Å². The maximum Gasteiger partial charge on any atom is 0 e. The molecule has 0 bridgehead atoms. The summed E-state index contributed by atoms with van der Waals surface area (Å²) >= 11 is 0. The fourth-order valence-corrected chi connectivity index (χ4v) is 2.44. The second kappa shape index (κ2) is 5.87. The maximum absolute atomic E-state index is 2.22. The third-order valence-electron chi connectivity index (χ3n) is 2.39. The van der Waals surface area contributed by atoms with Crippen molar-refractivity contribution in [2.45, 2.75) is 13.8 Å². The standard InChI is InChI=1S/C14H15P.B/c1-11-3-7-13(8-4-11)15-14-9-5-12(2)6-10-14;/h3-10,15H,1-2H3;. The summed E-state index contributed by atoms with van der Waals surface area (Å²) < 4.78 is 0. The Balaban J connectivity index is 0.00000128.